The molecule has 0 fully saturated rings. The van der Waals surface area contributed by atoms with Gasteiger partial charge in [0.15, 0.2) is 0 Å². The highest BCUT2D eigenvalue weighted by molar-refractivity contribution is 6.05. The zero-order valence-electron chi connectivity index (χ0n) is 10.6. The summed E-state index contributed by atoms with van der Waals surface area (Å²) in [5.41, 5.74) is 7.73. The molecule has 0 bridgehead atoms. The van der Waals surface area contributed by atoms with Crippen LogP contribution in [0.2, 0.25) is 0 Å². The molecule has 0 saturated heterocycles. The molecule has 4 heteroatoms. The zero-order valence-corrected chi connectivity index (χ0v) is 10.6. The molecule has 2 rings (SSSR count). The molecule has 3 N–H and O–H groups in total. The predicted molar refractivity (Wildman–Crippen MR) is 74.6 cm³/mol. The summed E-state index contributed by atoms with van der Waals surface area (Å²) < 4.78 is 13.2. The number of rotatable bonds is 3. The fourth-order valence-corrected chi connectivity index (χ4v) is 1.89. The van der Waals surface area contributed by atoms with Crippen LogP contribution in [0, 0.1) is 5.82 Å². The SMILES string of the molecule is CCc1ccccc1NC(=O)c1cc(N)cc(F)c1. The van der Waals surface area contributed by atoms with Crippen molar-refractivity contribution in [1.82, 2.24) is 0 Å². The van der Waals surface area contributed by atoms with E-state index in [9.17, 15) is 9.18 Å². The normalized spacial score (nSPS) is 10.2. The third kappa shape index (κ3) is 3.10. The second-order valence-electron chi connectivity index (χ2n) is 4.24. The minimum absolute atomic E-state index is 0.211. The van der Waals surface area contributed by atoms with Gasteiger partial charge in [-0.05, 0) is 36.2 Å². The Morgan fingerprint density at radius 2 is 2.00 bits per heavy atom. The van der Waals surface area contributed by atoms with Gasteiger partial charge in [0.2, 0.25) is 0 Å². The van der Waals surface area contributed by atoms with Crippen LogP contribution in [0.5, 0.6) is 0 Å². The van der Waals surface area contributed by atoms with Crippen LogP contribution < -0.4 is 11.1 Å². The Balaban J connectivity index is 2.25. The van der Waals surface area contributed by atoms with Crippen LogP contribution in [-0.2, 0) is 6.42 Å². The fraction of sp³-hybridized carbons (Fsp3) is 0.133. The van der Waals surface area contributed by atoms with Gasteiger partial charge in [0.05, 0.1) is 0 Å². The van der Waals surface area contributed by atoms with E-state index >= 15 is 0 Å². The van der Waals surface area contributed by atoms with Crippen LogP contribution in [-0.4, -0.2) is 5.91 Å². The molecule has 0 unspecified atom stereocenters. The summed E-state index contributed by atoms with van der Waals surface area (Å²) in [4.78, 5) is 12.1. The number of hydrogen-bond donors (Lipinski definition) is 2. The molecule has 0 saturated carbocycles. The number of nitrogens with two attached hydrogens (primary N) is 1. The number of hydrogen-bond acceptors (Lipinski definition) is 2. The van der Waals surface area contributed by atoms with Crippen molar-refractivity contribution in [1.29, 1.82) is 0 Å². The molecular weight excluding hydrogens is 243 g/mol. The Bertz CT molecular complexity index is 591. The van der Waals surface area contributed by atoms with E-state index in [1.165, 1.54) is 18.2 Å². The Morgan fingerprint density at radius 3 is 2.68 bits per heavy atom. The first-order chi connectivity index (χ1) is 9.10. The lowest BCUT2D eigenvalue weighted by Crippen LogP contribution is -2.13. The molecule has 0 aromatic heterocycles. The second kappa shape index (κ2) is 5.52. The van der Waals surface area contributed by atoms with Crippen molar-refractivity contribution in [2.75, 3.05) is 11.1 Å². The number of amides is 1. The van der Waals surface area contributed by atoms with Crippen LogP contribution in [0.1, 0.15) is 22.8 Å². The largest absolute Gasteiger partial charge is 0.399 e. The van der Waals surface area contributed by atoms with Crippen molar-refractivity contribution >= 4 is 17.3 Å². The van der Waals surface area contributed by atoms with Crippen molar-refractivity contribution in [3.63, 3.8) is 0 Å². The minimum Gasteiger partial charge on any atom is -0.399 e. The molecular formula is C15H15FN2O. The van der Waals surface area contributed by atoms with Crippen molar-refractivity contribution < 1.29 is 9.18 Å². The van der Waals surface area contributed by atoms with Crippen molar-refractivity contribution in [2.45, 2.75) is 13.3 Å². The van der Waals surface area contributed by atoms with E-state index in [-0.39, 0.29) is 17.2 Å². The van der Waals surface area contributed by atoms with Gasteiger partial charge < -0.3 is 11.1 Å². The molecule has 0 spiro atoms. The van der Waals surface area contributed by atoms with Gasteiger partial charge in [0.1, 0.15) is 5.82 Å². The van der Waals surface area contributed by atoms with Crippen molar-refractivity contribution in [3.05, 3.63) is 59.4 Å². The van der Waals surface area contributed by atoms with E-state index in [1.54, 1.807) is 0 Å². The molecule has 0 aliphatic heterocycles. The lowest BCUT2D eigenvalue weighted by atomic mass is 10.1. The maximum atomic E-state index is 13.2. The van der Waals surface area contributed by atoms with Gasteiger partial charge in [-0.2, -0.15) is 0 Å². The summed E-state index contributed by atoms with van der Waals surface area (Å²) in [5, 5.41) is 2.77. The maximum absolute atomic E-state index is 13.2. The van der Waals surface area contributed by atoms with E-state index < -0.39 is 5.82 Å². The first-order valence-corrected chi connectivity index (χ1v) is 6.05. The van der Waals surface area contributed by atoms with Gasteiger partial charge in [-0.1, -0.05) is 25.1 Å². The molecule has 3 nitrogen and oxygen atoms in total. The number of nitrogens with one attached hydrogen (secondary N) is 1. The van der Waals surface area contributed by atoms with Crippen LogP contribution in [0.15, 0.2) is 42.5 Å². The van der Waals surface area contributed by atoms with E-state index in [2.05, 4.69) is 5.32 Å². The van der Waals surface area contributed by atoms with E-state index in [4.69, 9.17) is 5.73 Å². The van der Waals surface area contributed by atoms with Crippen molar-refractivity contribution in [2.24, 2.45) is 0 Å². The summed E-state index contributed by atoms with van der Waals surface area (Å²) in [5.74, 6) is -0.888. The highest BCUT2D eigenvalue weighted by atomic mass is 19.1. The lowest BCUT2D eigenvalue weighted by molar-refractivity contribution is 0.102. The number of aryl methyl sites for hydroxylation is 1. The quantitative estimate of drug-likeness (QED) is 0.830. The van der Waals surface area contributed by atoms with Gasteiger partial charge in [0.25, 0.3) is 5.91 Å². The standard InChI is InChI=1S/C15H15FN2O/c1-2-10-5-3-4-6-14(10)18-15(19)11-7-12(16)9-13(17)8-11/h3-9H,2,17H2,1H3,(H,18,19). The third-order valence-electron chi connectivity index (χ3n) is 2.83. The second-order valence-corrected chi connectivity index (χ2v) is 4.24. The van der Waals surface area contributed by atoms with Gasteiger partial charge in [-0.3, -0.25) is 4.79 Å². The fourth-order valence-electron chi connectivity index (χ4n) is 1.89. The summed E-state index contributed by atoms with van der Waals surface area (Å²) in [6, 6.07) is 11.3. The highest BCUT2D eigenvalue weighted by Crippen LogP contribution is 2.18. The average molecular weight is 258 g/mol. The number of nitrogen functional groups attached to an aromatic ring is 1. The van der Waals surface area contributed by atoms with Crippen molar-refractivity contribution in [3.8, 4) is 0 Å². The van der Waals surface area contributed by atoms with Gasteiger partial charge >= 0.3 is 0 Å². The van der Waals surface area contributed by atoms with Crippen LogP contribution in [0.25, 0.3) is 0 Å². The molecule has 2 aromatic rings. The third-order valence-corrected chi connectivity index (χ3v) is 2.83. The number of benzene rings is 2. The maximum Gasteiger partial charge on any atom is 0.255 e. The number of carbonyl (C=O) groups is 1. The van der Waals surface area contributed by atoms with Gasteiger partial charge in [-0.15, -0.1) is 0 Å². The zero-order chi connectivity index (χ0) is 13.8. The van der Waals surface area contributed by atoms with E-state index in [0.717, 1.165) is 17.7 Å². The predicted octanol–water partition coefficient (Wildman–Crippen LogP) is 3.22. The smallest absolute Gasteiger partial charge is 0.255 e. The molecule has 0 radical (unpaired) electrons. The van der Waals surface area contributed by atoms with Gasteiger partial charge in [0, 0.05) is 16.9 Å². The van der Waals surface area contributed by atoms with Crippen LogP contribution >= 0.6 is 0 Å². The monoisotopic (exact) mass is 258 g/mol. The number of halogens is 1. The van der Waals surface area contributed by atoms with Crippen LogP contribution in [0.3, 0.4) is 0 Å². The summed E-state index contributed by atoms with van der Waals surface area (Å²) in [6.45, 7) is 2.01. The molecule has 98 valence electrons. The number of anilines is 2. The highest BCUT2D eigenvalue weighted by Gasteiger charge is 2.10. The topological polar surface area (TPSA) is 55.1 Å². The Morgan fingerprint density at radius 1 is 1.26 bits per heavy atom. The molecule has 0 aliphatic carbocycles. The Labute approximate surface area is 111 Å². The molecule has 1 amide bonds. The summed E-state index contributed by atoms with van der Waals surface area (Å²) in [6.07, 6.45) is 0.807. The molecule has 19 heavy (non-hydrogen) atoms. The average Bonchev–Trinajstić information content (AvgIpc) is 2.38. The number of para-hydroxylation sites is 1. The molecule has 0 heterocycles. The molecule has 2 aromatic carbocycles. The Kier molecular flexibility index (Phi) is 3.80. The first kappa shape index (κ1) is 13.1. The molecule has 0 atom stereocenters. The van der Waals surface area contributed by atoms with E-state index in [1.807, 2.05) is 31.2 Å². The first-order valence-electron chi connectivity index (χ1n) is 6.05. The Hall–Kier alpha value is -2.36. The van der Waals surface area contributed by atoms with E-state index in [0.29, 0.717) is 0 Å². The summed E-state index contributed by atoms with van der Waals surface area (Å²) >= 11 is 0. The number of carbonyl (C=O) groups excluding carboxylic acids is 1. The van der Waals surface area contributed by atoms with Crippen LogP contribution in [0.4, 0.5) is 15.8 Å². The molecule has 0 aliphatic rings. The summed E-state index contributed by atoms with van der Waals surface area (Å²) in [7, 11) is 0. The lowest BCUT2D eigenvalue weighted by Gasteiger charge is -2.10. The van der Waals surface area contributed by atoms with Gasteiger partial charge in [-0.25, -0.2) is 4.39 Å². The minimum atomic E-state index is -0.520.